The van der Waals surface area contributed by atoms with Crippen LogP contribution in [-0.2, 0) is 0 Å². The zero-order valence-electron chi connectivity index (χ0n) is 14.2. The molecule has 0 N–H and O–H groups in total. The molecule has 0 fully saturated rings. The summed E-state index contributed by atoms with van der Waals surface area (Å²) in [6.45, 7) is 12.5. The summed E-state index contributed by atoms with van der Waals surface area (Å²) in [5, 5.41) is 2.64. The van der Waals surface area contributed by atoms with Crippen LogP contribution in [0, 0.1) is 0 Å². The van der Waals surface area contributed by atoms with Gasteiger partial charge in [0.2, 0.25) is 0 Å². The third kappa shape index (κ3) is 2.85. The summed E-state index contributed by atoms with van der Waals surface area (Å²) in [5.41, 5.74) is 7.68. The molecule has 2 aromatic carbocycles. The molecule has 1 heteroatoms. The number of allylic oxidation sites excluding steroid dienone is 4. The van der Waals surface area contributed by atoms with E-state index < -0.39 is 0 Å². The maximum Gasteiger partial charge on any atom is 0.0103 e. The maximum atomic E-state index is 4.23. The van der Waals surface area contributed by atoms with Crippen LogP contribution in [-0.4, -0.2) is 0 Å². The average Bonchev–Trinajstić information content (AvgIpc) is 2.92. The Labute approximate surface area is 152 Å². The summed E-state index contributed by atoms with van der Waals surface area (Å²) in [6.07, 6.45) is 4.97. The van der Waals surface area contributed by atoms with E-state index in [0.29, 0.717) is 0 Å². The van der Waals surface area contributed by atoms with Gasteiger partial charge in [0.25, 0.3) is 0 Å². The molecule has 0 nitrogen and oxygen atoms in total. The van der Waals surface area contributed by atoms with Crippen LogP contribution in [0.25, 0.3) is 22.3 Å². The first-order valence-electron chi connectivity index (χ1n) is 8.19. The second-order valence-corrected chi connectivity index (χ2v) is 7.05. The Bertz CT molecular complexity index is 987. The van der Waals surface area contributed by atoms with Gasteiger partial charge < -0.3 is 0 Å². The SMILES string of the molecule is C=C(Br)/C=C\C(=C)/C(C)=c1\cccc2c1=C(CC)c1ccccc1-2. The number of hydrogen-bond acceptors (Lipinski definition) is 0. The van der Waals surface area contributed by atoms with Crippen molar-refractivity contribution in [3.8, 4) is 11.1 Å². The van der Waals surface area contributed by atoms with Crippen LogP contribution in [0.4, 0.5) is 0 Å². The van der Waals surface area contributed by atoms with Crippen LogP contribution in [0.15, 0.2) is 77.8 Å². The molecule has 0 aromatic heterocycles. The van der Waals surface area contributed by atoms with Gasteiger partial charge in [-0.3, -0.25) is 0 Å². The predicted octanol–water partition coefficient (Wildman–Crippen LogP) is 5.47. The van der Waals surface area contributed by atoms with E-state index in [-0.39, 0.29) is 0 Å². The van der Waals surface area contributed by atoms with Crippen molar-refractivity contribution in [1.29, 1.82) is 0 Å². The van der Waals surface area contributed by atoms with E-state index in [0.717, 1.165) is 16.5 Å². The van der Waals surface area contributed by atoms with Crippen LogP contribution in [0.1, 0.15) is 25.8 Å². The predicted molar refractivity (Wildman–Crippen MR) is 109 cm³/mol. The lowest BCUT2D eigenvalue weighted by molar-refractivity contribution is 1.23. The highest BCUT2D eigenvalue weighted by Crippen LogP contribution is 2.32. The second-order valence-electron chi connectivity index (χ2n) is 6.04. The van der Waals surface area contributed by atoms with E-state index in [1.165, 1.54) is 38.3 Å². The van der Waals surface area contributed by atoms with E-state index in [1.54, 1.807) is 0 Å². The minimum Gasteiger partial charge on any atom is -0.0915 e. The lowest BCUT2D eigenvalue weighted by Crippen LogP contribution is -2.28. The largest absolute Gasteiger partial charge is 0.0915 e. The van der Waals surface area contributed by atoms with Crippen molar-refractivity contribution in [2.24, 2.45) is 0 Å². The standard InChI is InChI=1S/C23H21Br/c1-5-18-20-9-6-7-10-21(20)22-12-8-11-19(23(18)22)17(4)15(2)13-14-16(3)24/h6-14H,2-3,5H2,1,4H3/b14-13-,19-17+. The molecule has 0 spiro atoms. The van der Waals surface area contributed by atoms with Crippen molar-refractivity contribution in [3.05, 3.63) is 93.8 Å². The molecule has 1 aliphatic rings. The third-order valence-corrected chi connectivity index (χ3v) is 4.88. The fraction of sp³-hybridized carbons (Fsp3) is 0.130. The molecule has 3 rings (SSSR count). The molecule has 120 valence electrons. The first kappa shape index (κ1) is 16.7. The molecular formula is C23H21Br. The van der Waals surface area contributed by atoms with E-state index >= 15 is 0 Å². The highest BCUT2D eigenvalue weighted by Gasteiger charge is 2.18. The van der Waals surface area contributed by atoms with Gasteiger partial charge in [-0.05, 0) is 63.3 Å². The quantitative estimate of drug-likeness (QED) is 0.620. The van der Waals surface area contributed by atoms with Crippen LogP contribution in [0.5, 0.6) is 0 Å². The van der Waals surface area contributed by atoms with Crippen molar-refractivity contribution in [3.63, 3.8) is 0 Å². The summed E-state index contributed by atoms with van der Waals surface area (Å²) in [7, 11) is 0. The molecule has 0 radical (unpaired) electrons. The van der Waals surface area contributed by atoms with Gasteiger partial charge in [-0.1, -0.05) is 84.6 Å². The monoisotopic (exact) mass is 376 g/mol. The van der Waals surface area contributed by atoms with Crippen molar-refractivity contribution < 1.29 is 0 Å². The third-order valence-electron chi connectivity index (χ3n) is 4.61. The minimum absolute atomic E-state index is 0.850. The molecule has 2 aromatic rings. The van der Waals surface area contributed by atoms with Crippen LogP contribution in [0.2, 0.25) is 0 Å². The summed E-state index contributed by atoms with van der Waals surface area (Å²) < 4.78 is 0.850. The fourth-order valence-electron chi connectivity index (χ4n) is 3.39. The van der Waals surface area contributed by atoms with Gasteiger partial charge in [0.15, 0.2) is 0 Å². The molecule has 0 atom stereocenters. The zero-order valence-corrected chi connectivity index (χ0v) is 15.8. The van der Waals surface area contributed by atoms with Crippen molar-refractivity contribution in [1.82, 2.24) is 0 Å². The zero-order chi connectivity index (χ0) is 17.3. The normalized spacial score (nSPS) is 13.7. The van der Waals surface area contributed by atoms with Gasteiger partial charge in [-0.2, -0.15) is 0 Å². The molecule has 1 aliphatic carbocycles. The minimum atomic E-state index is 0.850. The molecule has 0 bridgehead atoms. The molecule has 0 heterocycles. The van der Waals surface area contributed by atoms with E-state index in [1.807, 2.05) is 12.2 Å². The summed E-state index contributed by atoms with van der Waals surface area (Å²) in [5.74, 6) is 0. The lowest BCUT2D eigenvalue weighted by Gasteiger charge is -2.04. The fourth-order valence-corrected chi connectivity index (χ4v) is 3.52. The molecule has 0 aliphatic heterocycles. The molecular weight excluding hydrogens is 356 g/mol. The smallest absolute Gasteiger partial charge is 0.0103 e. The average molecular weight is 377 g/mol. The maximum absolute atomic E-state index is 4.23. The van der Waals surface area contributed by atoms with Crippen LogP contribution < -0.4 is 10.4 Å². The topological polar surface area (TPSA) is 0 Å². The van der Waals surface area contributed by atoms with Gasteiger partial charge in [0, 0.05) is 4.48 Å². The first-order valence-corrected chi connectivity index (χ1v) is 8.98. The molecule has 24 heavy (non-hydrogen) atoms. The number of halogens is 1. The van der Waals surface area contributed by atoms with E-state index in [2.05, 4.69) is 85.4 Å². The van der Waals surface area contributed by atoms with E-state index in [4.69, 9.17) is 0 Å². The lowest BCUT2D eigenvalue weighted by atomic mass is 10.0. The number of fused-ring (bicyclic) bond motifs is 3. The number of hydrogen-bond donors (Lipinski definition) is 0. The highest BCUT2D eigenvalue weighted by atomic mass is 79.9. The van der Waals surface area contributed by atoms with Crippen molar-refractivity contribution in [2.75, 3.05) is 0 Å². The Morgan fingerprint density at radius 2 is 1.62 bits per heavy atom. The van der Waals surface area contributed by atoms with Crippen LogP contribution >= 0.6 is 15.9 Å². The number of benzene rings is 2. The number of rotatable bonds is 4. The molecule has 0 unspecified atom stereocenters. The Balaban J connectivity index is 2.33. The van der Waals surface area contributed by atoms with Gasteiger partial charge in [0.05, 0.1) is 0 Å². The highest BCUT2D eigenvalue weighted by molar-refractivity contribution is 9.11. The van der Waals surface area contributed by atoms with Crippen LogP contribution in [0.3, 0.4) is 0 Å². The van der Waals surface area contributed by atoms with Gasteiger partial charge >= 0.3 is 0 Å². The van der Waals surface area contributed by atoms with Crippen molar-refractivity contribution >= 4 is 27.1 Å². The summed E-state index contributed by atoms with van der Waals surface area (Å²) >= 11 is 3.36. The van der Waals surface area contributed by atoms with Crippen molar-refractivity contribution in [2.45, 2.75) is 20.3 Å². The van der Waals surface area contributed by atoms with Gasteiger partial charge in [-0.25, -0.2) is 0 Å². The van der Waals surface area contributed by atoms with Gasteiger partial charge in [-0.15, -0.1) is 0 Å². The Kier molecular flexibility index (Phi) is 4.73. The van der Waals surface area contributed by atoms with E-state index in [9.17, 15) is 0 Å². The second kappa shape index (κ2) is 6.78. The summed E-state index contributed by atoms with van der Waals surface area (Å²) in [6, 6.07) is 15.3. The molecule has 0 amide bonds. The first-order chi connectivity index (χ1) is 11.5. The van der Waals surface area contributed by atoms with Gasteiger partial charge in [0.1, 0.15) is 0 Å². The Morgan fingerprint density at radius 1 is 0.958 bits per heavy atom. The molecule has 0 saturated heterocycles. The molecule has 0 saturated carbocycles. The Morgan fingerprint density at radius 3 is 2.29 bits per heavy atom. The summed E-state index contributed by atoms with van der Waals surface area (Å²) in [4.78, 5) is 0. The Hall–Kier alpha value is -2.12.